The Morgan fingerprint density at radius 1 is 1.27 bits per heavy atom. The van der Waals surface area contributed by atoms with Crippen molar-refractivity contribution in [3.05, 3.63) is 0 Å². The summed E-state index contributed by atoms with van der Waals surface area (Å²) in [4.78, 5) is 4.61. The molecule has 0 aromatic carbocycles. The number of hydrogen-bond acceptors (Lipinski definition) is 5. The monoisotopic (exact) mass is 161 g/mol. The van der Waals surface area contributed by atoms with Crippen molar-refractivity contribution in [2.24, 2.45) is 5.90 Å². The second-order valence-corrected chi connectivity index (χ2v) is 2.84. The van der Waals surface area contributed by atoms with Gasteiger partial charge < -0.3 is 14.6 Å². The molecular weight excluding hydrogens is 150 g/mol. The summed E-state index contributed by atoms with van der Waals surface area (Å²) in [6.45, 7) is 0.720. The second-order valence-electron chi connectivity index (χ2n) is 2.84. The zero-order valence-corrected chi connectivity index (χ0v) is 5.97. The van der Waals surface area contributed by atoms with Crippen LogP contribution >= 0.6 is 0 Å². The van der Waals surface area contributed by atoms with Crippen molar-refractivity contribution < 1.29 is 19.4 Å². The van der Waals surface area contributed by atoms with Crippen LogP contribution in [0.1, 0.15) is 0 Å². The van der Waals surface area contributed by atoms with E-state index in [0.29, 0.717) is 13.2 Å². The molecule has 0 saturated carbocycles. The van der Waals surface area contributed by atoms with Crippen LogP contribution in [0.25, 0.3) is 0 Å². The molecule has 2 aliphatic rings. The SMILES string of the molecule is NOC1COC2C(O)COC12. The number of aliphatic hydroxyl groups excluding tert-OH is 1. The Morgan fingerprint density at radius 3 is 2.73 bits per heavy atom. The van der Waals surface area contributed by atoms with Gasteiger partial charge in [0.15, 0.2) is 0 Å². The third-order valence-corrected chi connectivity index (χ3v) is 2.16. The summed E-state index contributed by atoms with van der Waals surface area (Å²) in [6, 6.07) is 0. The van der Waals surface area contributed by atoms with Gasteiger partial charge in [-0.2, -0.15) is 0 Å². The Bertz CT molecular complexity index is 154. The van der Waals surface area contributed by atoms with Crippen LogP contribution in [0.15, 0.2) is 0 Å². The van der Waals surface area contributed by atoms with Crippen LogP contribution in [0.5, 0.6) is 0 Å². The normalized spacial score (nSPS) is 49.6. The lowest BCUT2D eigenvalue weighted by Gasteiger charge is -2.12. The Labute approximate surface area is 64.0 Å². The molecule has 2 fully saturated rings. The summed E-state index contributed by atoms with van der Waals surface area (Å²) in [6.07, 6.45) is -1.18. The summed E-state index contributed by atoms with van der Waals surface area (Å²) in [5, 5.41) is 9.27. The number of nitrogens with two attached hydrogens (primary N) is 1. The van der Waals surface area contributed by atoms with Crippen molar-refractivity contribution in [1.29, 1.82) is 0 Å². The van der Waals surface area contributed by atoms with Gasteiger partial charge in [0.25, 0.3) is 0 Å². The van der Waals surface area contributed by atoms with E-state index in [9.17, 15) is 5.11 Å². The Morgan fingerprint density at radius 2 is 2.00 bits per heavy atom. The molecule has 4 unspecified atom stereocenters. The molecular formula is C6H11NO4. The lowest BCUT2D eigenvalue weighted by Crippen LogP contribution is -2.34. The van der Waals surface area contributed by atoms with Gasteiger partial charge >= 0.3 is 0 Å². The molecule has 11 heavy (non-hydrogen) atoms. The van der Waals surface area contributed by atoms with Crippen LogP contribution in [0.4, 0.5) is 0 Å². The Hall–Kier alpha value is -0.200. The van der Waals surface area contributed by atoms with E-state index in [2.05, 4.69) is 4.84 Å². The lowest BCUT2D eigenvalue weighted by atomic mass is 10.1. The van der Waals surface area contributed by atoms with Crippen molar-refractivity contribution in [3.8, 4) is 0 Å². The van der Waals surface area contributed by atoms with E-state index >= 15 is 0 Å². The maximum atomic E-state index is 9.27. The standard InChI is InChI=1S/C6H11NO4/c7-11-4-2-10-5-3(8)1-9-6(4)5/h3-6,8H,1-2,7H2. The molecule has 0 radical (unpaired) electrons. The van der Waals surface area contributed by atoms with Gasteiger partial charge in [0.2, 0.25) is 0 Å². The summed E-state index contributed by atoms with van der Waals surface area (Å²) in [5.74, 6) is 4.99. The molecule has 0 bridgehead atoms. The fourth-order valence-corrected chi connectivity index (χ4v) is 1.56. The molecule has 0 aromatic heterocycles. The van der Waals surface area contributed by atoms with Gasteiger partial charge in [-0.05, 0) is 0 Å². The molecule has 0 spiro atoms. The number of hydrogen-bond donors (Lipinski definition) is 2. The molecule has 4 atom stereocenters. The van der Waals surface area contributed by atoms with E-state index in [1.807, 2.05) is 0 Å². The van der Waals surface area contributed by atoms with Crippen LogP contribution in [-0.4, -0.2) is 42.7 Å². The van der Waals surface area contributed by atoms with E-state index in [-0.39, 0.29) is 18.3 Å². The van der Waals surface area contributed by atoms with Crippen LogP contribution in [-0.2, 0) is 14.3 Å². The van der Waals surface area contributed by atoms with Gasteiger partial charge in [0, 0.05) is 0 Å². The molecule has 5 nitrogen and oxygen atoms in total. The van der Waals surface area contributed by atoms with Crippen LogP contribution in [0.3, 0.4) is 0 Å². The van der Waals surface area contributed by atoms with Gasteiger partial charge in [-0.15, -0.1) is 0 Å². The van der Waals surface area contributed by atoms with E-state index in [1.165, 1.54) is 0 Å². The quantitative estimate of drug-likeness (QED) is 0.453. The van der Waals surface area contributed by atoms with Gasteiger partial charge in [0.1, 0.15) is 24.4 Å². The smallest absolute Gasteiger partial charge is 0.131 e. The van der Waals surface area contributed by atoms with Crippen LogP contribution in [0.2, 0.25) is 0 Å². The average Bonchev–Trinajstić information content (AvgIpc) is 2.53. The molecule has 2 rings (SSSR count). The fraction of sp³-hybridized carbons (Fsp3) is 1.00. The fourth-order valence-electron chi connectivity index (χ4n) is 1.56. The predicted octanol–water partition coefficient (Wildman–Crippen LogP) is -1.60. The topological polar surface area (TPSA) is 73.9 Å². The first-order valence-corrected chi connectivity index (χ1v) is 3.59. The second kappa shape index (κ2) is 2.69. The van der Waals surface area contributed by atoms with Crippen LogP contribution < -0.4 is 5.90 Å². The van der Waals surface area contributed by atoms with Crippen LogP contribution in [0, 0.1) is 0 Å². The zero-order valence-electron chi connectivity index (χ0n) is 5.97. The van der Waals surface area contributed by atoms with Crippen molar-refractivity contribution in [3.63, 3.8) is 0 Å². The molecule has 2 saturated heterocycles. The molecule has 0 aromatic rings. The first-order valence-electron chi connectivity index (χ1n) is 3.59. The van der Waals surface area contributed by atoms with Crippen molar-refractivity contribution in [2.75, 3.05) is 13.2 Å². The molecule has 3 N–H and O–H groups in total. The Balaban J connectivity index is 2.04. The van der Waals surface area contributed by atoms with Crippen molar-refractivity contribution in [2.45, 2.75) is 24.4 Å². The largest absolute Gasteiger partial charge is 0.388 e. The number of fused-ring (bicyclic) bond motifs is 1. The number of rotatable bonds is 1. The maximum absolute atomic E-state index is 9.27. The van der Waals surface area contributed by atoms with Crippen molar-refractivity contribution >= 4 is 0 Å². The summed E-state index contributed by atoms with van der Waals surface area (Å²) < 4.78 is 10.4. The minimum atomic E-state index is -0.528. The third-order valence-electron chi connectivity index (χ3n) is 2.16. The maximum Gasteiger partial charge on any atom is 0.131 e. The van der Waals surface area contributed by atoms with E-state index < -0.39 is 6.10 Å². The molecule has 0 amide bonds. The highest BCUT2D eigenvalue weighted by atomic mass is 16.7. The zero-order chi connectivity index (χ0) is 7.84. The van der Waals surface area contributed by atoms with Gasteiger partial charge in [0.05, 0.1) is 13.2 Å². The average molecular weight is 161 g/mol. The minimum absolute atomic E-state index is 0.185. The minimum Gasteiger partial charge on any atom is -0.388 e. The highest BCUT2D eigenvalue weighted by Gasteiger charge is 2.47. The number of ether oxygens (including phenoxy) is 2. The lowest BCUT2D eigenvalue weighted by molar-refractivity contribution is -0.0381. The van der Waals surface area contributed by atoms with Gasteiger partial charge in [-0.3, -0.25) is 4.84 Å². The highest BCUT2D eigenvalue weighted by Crippen LogP contribution is 2.27. The molecule has 5 heteroatoms. The van der Waals surface area contributed by atoms with Gasteiger partial charge in [-0.25, -0.2) is 5.90 Å². The van der Waals surface area contributed by atoms with Gasteiger partial charge in [-0.1, -0.05) is 0 Å². The summed E-state index contributed by atoms with van der Waals surface area (Å²) in [5.41, 5.74) is 0. The molecule has 64 valence electrons. The molecule has 2 aliphatic heterocycles. The predicted molar refractivity (Wildman–Crippen MR) is 34.5 cm³/mol. The highest BCUT2D eigenvalue weighted by molar-refractivity contribution is 4.94. The van der Waals surface area contributed by atoms with E-state index in [1.54, 1.807) is 0 Å². The third kappa shape index (κ3) is 1.05. The first-order chi connectivity index (χ1) is 5.33. The van der Waals surface area contributed by atoms with E-state index in [0.717, 1.165) is 0 Å². The summed E-state index contributed by atoms with van der Waals surface area (Å²) in [7, 11) is 0. The number of aliphatic hydroxyl groups is 1. The Kier molecular flexibility index (Phi) is 1.82. The summed E-state index contributed by atoms with van der Waals surface area (Å²) >= 11 is 0. The van der Waals surface area contributed by atoms with Crippen molar-refractivity contribution in [1.82, 2.24) is 0 Å². The molecule has 2 heterocycles. The van der Waals surface area contributed by atoms with E-state index in [4.69, 9.17) is 15.4 Å². The molecule has 0 aliphatic carbocycles. The first kappa shape index (κ1) is 7.45.